The van der Waals surface area contributed by atoms with Gasteiger partial charge >= 0.3 is 23.9 Å². The van der Waals surface area contributed by atoms with Gasteiger partial charge in [0.15, 0.2) is 0 Å². The Kier molecular flexibility index (Phi) is 15.1. The van der Waals surface area contributed by atoms with Crippen molar-refractivity contribution >= 4 is 46.8 Å². The first-order chi connectivity index (χ1) is 26.4. The molecule has 1 aliphatic heterocycles. The number of pyridine rings is 1. The van der Waals surface area contributed by atoms with E-state index in [2.05, 4.69) is 23.3 Å². The monoisotopic (exact) mass is 774 g/mol. The van der Waals surface area contributed by atoms with Gasteiger partial charge in [-0.3, -0.25) is 19.9 Å². The molecular weight excluding hydrogens is 736 g/mol. The normalized spacial score (nSPS) is 14.3. The summed E-state index contributed by atoms with van der Waals surface area (Å²) in [4.78, 5) is 74.8. The number of nitrogens with zero attached hydrogens (tertiary/aromatic N) is 1. The number of hydrogen-bond donors (Lipinski definition) is 3. The van der Waals surface area contributed by atoms with Crippen LogP contribution in [0.4, 0.5) is 4.79 Å². The molecule has 3 atom stereocenters. The number of esters is 2. The zero-order valence-corrected chi connectivity index (χ0v) is 30.8. The number of ether oxygens (including phenoxy) is 5. The van der Waals surface area contributed by atoms with Crippen molar-refractivity contribution in [3.8, 4) is 17.2 Å². The molecule has 4 aromatic rings. The van der Waals surface area contributed by atoms with Gasteiger partial charge in [0, 0.05) is 18.3 Å². The summed E-state index contributed by atoms with van der Waals surface area (Å²) in [6.07, 6.45) is -0.362. The Balaban J connectivity index is 0.000000248. The van der Waals surface area contributed by atoms with Crippen LogP contribution < -0.4 is 19.5 Å². The molecule has 2 amide bonds. The van der Waals surface area contributed by atoms with Gasteiger partial charge in [-0.15, -0.1) is 0 Å². The second-order valence-electron chi connectivity index (χ2n) is 11.6. The van der Waals surface area contributed by atoms with E-state index in [4.69, 9.17) is 23.7 Å². The van der Waals surface area contributed by atoms with Crippen LogP contribution >= 0.6 is 11.8 Å². The fraction of sp³-hybridized carbons (Fsp3) is 0.256. The van der Waals surface area contributed by atoms with E-state index in [1.165, 1.54) is 68.3 Å². The van der Waals surface area contributed by atoms with Gasteiger partial charge in [0.1, 0.15) is 17.2 Å². The lowest BCUT2D eigenvalue weighted by atomic mass is 10.1. The molecule has 0 aliphatic carbocycles. The van der Waals surface area contributed by atoms with E-state index in [1.807, 2.05) is 36.5 Å². The first-order valence-corrected chi connectivity index (χ1v) is 17.6. The molecule has 16 heteroatoms. The SMILES string of the molecule is CCc1ccc(CCOc2ccc(C[C@H]3SC(=O)NC3=O)cc2)nc1.COc1ccc(C(=O)O[C@@H](C(=O)O)[C@@H](OC(=O)c2ccc(OC)cc2)C(=O)O)cc1. The molecule has 288 valence electrons. The standard InChI is InChI=1S/C20H18O10.C19H20N2O3S/c1-27-13-7-3-11(4-8-13)19(25)29-15(17(21)22)16(18(23)24)30-20(26)12-5-9-14(28-2)10-6-12;1-2-13-3-6-15(20-12-13)9-10-24-16-7-4-14(5-8-16)11-17-18(22)21-19(23)25-17/h3-10,15-16H,1-2H3,(H,21,22)(H,23,24);3-8,12,17H,2,9-11H2,1H3,(H,21,22,23)/t15-,16-;17-/m11/s1. The minimum absolute atomic E-state index is 0.0485. The van der Waals surface area contributed by atoms with Crippen molar-refractivity contribution in [1.82, 2.24) is 10.3 Å². The number of carbonyl (C=O) groups excluding carboxylic acids is 4. The molecule has 1 saturated heterocycles. The Morgan fingerprint density at radius 1 is 0.727 bits per heavy atom. The van der Waals surface area contributed by atoms with Crippen molar-refractivity contribution < 1.29 is 62.7 Å². The van der Waals surface area contributed by atoms with Crippen LogP contribution in [0.5, 0.6) is 17.2 Å². The fourth-order valence-corrected chi connectivity index (χ4v) is 5.71. The van der Waals surface area contributed by atoms with Crippen LogP contribution in [0.25, 0.3) is 0 Å². The van der Waals surface area contributed by atoms with Gasteiger partial charge in [0.25, 0.3) is 5.24 Å². The number of carboxylic acid groups (broad SMARTS) is 2. The molecule has 1 aliphatic rings. The number of imide groups is 1. The number of thioether (sulfide) groups is 1. The first-order valence-electron chi connectivity index (χ1n) is 16.7. The number of methoxy groups -OCH3 is 2. The molecule has 15 nitrogen and oxygen atoms in total. The molecule has 1 fully saturated rings. The smallest absolute Gasteiger partial charge is 0.349 e. The number of rotatable bonds is 16. The third-order valence-electron chi connectivity index (χ3n) is 7.91. The molecule has 0 saturated carbocycles. The van der Waals surface area contributed by atoms with Crippen molar-refractivity contribution in [2.45, 2.75) is 43.6 Å². The number of aromatic nitrogens is 1. The van der Waals surface area contributed by atoms with E-state index in [9.17, 15) is 39.0 Å². The number of carboxylic acids is 2. The van der Waals surface area contributed by atoms with Gasteiger partial charge < -0.3 is 33.9 Å². The highest BCUT2D eigenvalue weighted by molar-refractivity contribution is 8.15. The molecule has 0 unspecified atom stereocenters. The highest BCUT2D eigenvalue weighted by Crippen LogP contribution is 2.24. The number of aliphatic carboxylic acids is 2. The van der Waals surface area contributed by atoms with E-state index < -0.39 is 36.1 Å². The molecule has 55 heavy (non-hydrogen) atoms. The van der Waals surface area contributed by atoms with Gasteiger partial charge in [-0.25, -0.2) is 19.2 Å². The maximum Gasteiger partial charge on any atom is 0.349 e. The maximum absolute atomic E-state index is 12.2. The average Bonchev–Trinajstić information content (AvgIpc) is 3.52. The molecule has 3 aromatic carbocycles. The molecule has 0 radical (unpaired) electrons. The lowest BCUT2D eigenvalue weighted by molar-refractivity contribution is -0.166. The quantitative estimate of drug-likeness (QED) is 0.131. The van der Waals surface area contributed by atoms with E-state index in [1.54, 1.807) is 0 Å². The number of amides is 2. The zero-order valence-electron chi connectivity index (χ0n) is 30.0. The second-order valence-corrected chi connectivity index (χ2v) is 12.8. The van der Waals surface area contributed by atoms with Crippen molar-refractivity contribution in [1.29, 1.82) is 0 Å². The summed E-state index contributed by atoms with van der Waals surface area (Å²) < 4.78 is 25.3. The Morgan fingerprint density at radius 3 is 1.62 bits per heavy atom. The van der Waals surface area contributed by atoms with Crippen LogP contribution in [0.2, 0.25) is 0 Å². The molecule has 5 rings (SSSR count). The summed E-state index contributed by atoms with van der Waals surface area (Å²) in [6, 6.07) is 22.7. The van der Waals surface area contributed by atoms with Gasteiger partial charge in [-0.2, -0.15) is 0 Å². The summed E-state index contributed by atoms with van der Waals surface area (Å²) in [6.45, 7) is 2.67. The van der Waals surface area contributed by atoms with Gasteiger partial charge in [0.05, 0.1) is 37.2 Å². The topological polar surface area (TPSA) is 214 Å². The zero-order chi connectivity index (χ0) is 39.9. The van der Waals surface area contributed by atoms with Crippen LogP contribution in [0, 0.1) is 0 Å². The summed E-state index contributed by atoms with van der Waals surface area (Å²) in [5, 5.41) is 20.4. The van der Waals surface area contributed by atoms with E-state index in [-0.39, 0.29) is 27.5 Å². The van der Waals surface area contributed by atoms with Crippen LogP contribution in [-0.4, -0.2) is 88.5 Å². The van der Waals surface area contributed by atoms with Gasteiger partial charge in [-0.1, -0.05) is 36.9 Å². The predicted octanol–water partition coefficient (Wildman–Crippen LogP) is 4.78. The van der Waals surface area contributed by atoms with Crippen molar-refractivity contribution in [2.24, 2.45) is 0 Å². The van der Waals surface area contributed by atoms with E-state index >= 15 is 0 Å². The third-order valence-corrected chi connectivity index (χ3v) is 8.90. The third kappa shape index (κ3) is 12.3. The number of nitrogens with one attached hydrogen (secondary N) is 1. The summed E-state index contributed by atoms with van der Waals surface area (Å²) in [5.74, 6) is -4.37. The lowest BCUT2D eigenvalue weighted by Crippen LogP contribution is -2.45. The minimum Gasteiger partial charge on any atom is -0.497 e. The summed E-state index contributed by atoms with van der Waals surface area (Å²) in [5.41, 5.74) is 3.16. The highest BCUT2D eigenvalue weighted by Gasteiger charge is 2.41. The average molecular weight is 775 g/mol. The second kappa shape index (κ2) is 20.1. The number of benzene rings is 3. The van der Waals surface area contributed by atoms with E-state index in [0.29, 0.717) is 24.5 Å². The predicted molar refractivity (Wildman–Crippen MR) is 198 cm³/mol. The first kappa shape index (κ1) is 41.3. The Labute approximate surface area is 319 Å². The molecule has 1 aromatic heterocycles. The summed E-state index contributed by atoms with van der Waals surface area (Å²) >= 11 is 1.05. The number of aryl methyl sites for hydroxylation is 1. The minimum atomic E-state index is -2.28. The van der Waals surface area contributed by atoms with Gasteiger partial charge in [-0.05, 0) is 90.7 Å². The highest BCUT2D eigenvalue weighted by atomic mass is 32.2. The number of carbonyl (C=O) groups is 6. The summed E-state index contributed by atoms with van der Waals surface area (Å²) in [7, 11) is 2.84. The molecule has 2 heterocycles. The molecule has 0 bridgehead atoms. The van der Waals surface area contributed by atoms with Gasteiger partial charge in [0.2, 0.25) is 18.1 Å². The Bertz CT molecular complexity index is 1870. The van der Waals surface area contributed by atoms with Crippen molar-refractivity contribution in [3.05, 3.63) is 119 Å². The molecule has 0 spiro atoms. The Hall–Kier alpha value is -6.42. The Morgan fingerprint density at radius 2 is 1.22 bits per heavy atom. The lowest BCUT2D eigenvalue weighted by Gasteiger charge is -2.21. The van der Waals surface area contributed by atoms with Crippen LogP contribution in [0.3, 0.4) is 0 Å². The molecular formula is C39H38N2O13S. The van der Waals surface area contributed by atoms with Crippen LogP contribution in [0.1, 0.15) is 44.5 Å². The fourth-order valence-electron chi connectivity index (χ4n) is 4.85. The largest absolute Gasteiger partial charge is 0.497 e. The van der Waals surface area contributed by atoms with Crippen molar-refractivity contribution in [2.75, 3.05) is 20.8 Å². The number of hydrogen-bond acceptors (Lipinski definition) is 13. The maximum atomic E-state index is 12.2. The van der Waals surface area contributed by atoms with E-state index in [0.717, 1.165) is 41.6 Å². The molecule has 3 N–H and O–H groups in total. The van der Waals surface area contributed by atoms with Crippen LogP contribution in [0.15, 0.2) is 91.1 Å². The van der Waals surface area contributed by atoms with Crippen molar-refractivity contribution in [3.63, 3.8) is 0 Å². The van der Waals surface area contributed by atoms with Crippen LogP contribution in [-0.2, 0) is 43.1 Å².